The van der Waals surface area contributed by atoms with Crippen LogP contribution in [0.1, 0.15) is 11.1 Å². The largest absolute Gasteiger partial charge is 0.573 e. The third kappa shape index (κ3) is 3.68. The van der Waals surface area contributed by atoms with Crippen LogP contribution in [0.5, 0.6) is 11.5 Å². The molecule has 2 aromatic rings. The van der Waals surface area contributed by atoms with Gasteiger partial charge in [-0.1, -0.05) is 12.1 Å². The molecule has 2 nitrogen and oxygen atoms in total. The number of benzene rings is 2. The highest BCUT2D eigenvalue weighted by molar-refractivity contribution is 5.68. The fourth-order valence-electron chi connectivity index (χ4n) is 2.18. The van der Waals surface area contributed by atoms with Crippen LogP contribution in [0, 0.1) is 13.8 Å². The van der Waals surface area contributed by atoms with E-state index in [-0.39, 0.29) is 5.75 Å². The van der Waals surface area contributed by atoms with Gasteiger partial charge in [0.25, 0.3) is 0 Å². The number of ether oxygens (including phenoxy) is 2. The quantitative estimate of drug-likeness (QED) is 0.804. The number of hydrogen-bond donors (Lipinski definition) is 0. The lowest BCUT2D eigenvalue weighted by atomic mass is 9.99. The summed E-state index contributed by atoms with van der Waals surface area (Å²) in [7, 11) is 1.58. The van der Waals surface area contributed by atoms with Crippen molar-refractivity contribution in [2.45, 2.75) is 20.2 Å². The smallest absolute Gasteiger partial charge is 0.497 e. The molecule has 0 aliphatic rings. The highest BCUT2D eigenvalue weighted by Crippen LogP contribution is 2.34. The Labute approximate surface area is 121 Å². The van der Waals surface area contributed by atoms with Crippen molar-refractivity contribution in [3.05, 3.63) is 47.5 Å². The molecule has 2 aromatic carbocycles. The Bertz CT molecular complexity index is 608. The molecule has 0 unspecified atom stereocenters. The number of hydrogen-bond acceptors (Lipinski definition) is 2. The predicted molar refractivity (Wildman–Crippen MR) is 74.6 cm³/mol. The van der Waals surface area contributed by atoms with Gasteiger partial charge in [0.2, 0.25) is 0 Å². The molecule has 0 spiro atoms. The lowest BCUT2D eigenvalue weighted by Crippen LogP contribution is -2.18. The first kappa shape index (κ1) is 15.2. The molecule has 0 aliphatic carbocycles. The molecule has 21 heavy (non-hydrogen) atoms. The van der Waals surface area contributed by atoms with Crippen molar-refractivity contribution in [3.8, 4) is 22.6 Å². The summed E-state index contributed by atoms with van der Waals surface area (Å²) >= 11 is 0. The standard InChI is InChI=1S/C16H15F3O2/c1-10-8-13(12-4-6-14(20-3)7-5-12)9-11(2)15(10)21-16(17,18)19/h4-9H,1-3H3. The Morgan fingerprint density at radius 1 is 0.857 bits per heavy atom. The van der Waals surface area contributed by atoms with Gasteiger partial charge in [-0.3, -0.25) is 0 Å². The first-order chi connectivity index (χ1) is 9.80. The van der Waals surface area contributed by atoms with Gasteiger partial charge >= 0.3 is 6.36 Å². The van der Waals surface area contributed by atoms with Crippen molar-refractivity contribution in [3.63, 3.8) is 0 Å². The number of alkyl halides is 3. The minimum absolute atomic E-state index is 0.139. The molecule has 0 saturated carbocycles. The van der Waals surface area contributed by atoms with Gasteiger partial charge in [-0.2, -0.15) is 0 Å². The van der Waals surface area contributed by atoms with Crippen molar-refractivity contribution < 1.29 is 22.6 Å². The summed E-state index contributed by atoms with van der Waals surface area (Å²) in [5.41, 5.74) is 2.62. The average molecular weight is 296 g/mol. The van der Waals surface area contributed by atoms with Gasteiger partial charge in [0, 0.05) is 0 Å². The van der Waals surface area contributed by atoms with Crippen LogP contribution in [0.3, 0.4) is 0 Å². The topological polar surface area (TPSA) is 18.5 Å². The summed E-state index contributed by atoms with van der Waals surface area (Å²) in [5.74, 6) is 0.587. The lowest BCUT2D eigenvalue weighted by molar-refractivity contribution is -0.275. The summed E-state index contributed by atoms with van der Waals surface area (Å²) in [4.78, 5) is 0. The summed E-state index contributed by atoms with van der Waals surface area (Å²) in [6.45, 7) is 3.20. The Balaban J connectivity index is 2.38. The van der Waals surface area contributed by atoms with E-state index >= 15 is 0 Å². The molecule has 2 rings (SSSR count). The van der Waals surface area contributed by atoms with E-state index in [2.05, 4.69) is 4.74 Å². The summed E-state index contributed by atoms with van der Waals surface area (Å²) in [6, 6.07) is 10.7. The molecule has 5 heteroatoms. The van der Waals surface area contributed by atoms with Gasteiger partial charge in [0.05, 0.1) is 7.11 Å². The van der Waals surface area contributed by atoms with Crippen LogP contribution in [-0.4, -0.2) is 13.5 Å². The molecule has 0 bridgehead atoms. The average Bonchev–Trinajstić information content (AvgIpc) is 2.42. The molecular weight excluding hydrogens is 281 g/mol. The minimum Gasteiger partial charge on any atom is -0.497 e. The van der Waals surface area contributed by atoms with E-state index in [0.29, 0.717) is 11.1 Å². The van der Waals surface area contributed by atoms with Crippen molar-refractivity contribution in [2.24, 2.45) is 0 Å². The van der Waals surface area contributed by atoms with E-state index < -0.39 is 6.36 Å². The van der Waals surface area contributed by atoms with Gasteiger partial charge in [-0.05, 0) is 60.4 Å². The van der Waals surface area contributed by atoms with Crippen LogP contribution in [0.4, 0.5) is 13.2 Å². The Hall–Kier alpha value is -2.17. The minimum atomic E-state index is -4.68. The first-order valence-electron chi connectivity index (χ1n) is 6.31. The van der Waals surface area contributed by atoms with E-state index in [0.717, 1.165) is 16.9 Å². The van der Waals surface area contributed by atoms with Gasteiger partial charge in [0.15, 0.2) is 0 Å². The molecule has 0 aromatic heterocycles. The van der Waals surface area contributed by atoms with Crippen molar-refractivity contribution in [1.29, 1.82) is 0 Å². The third-order valence-electron chi connectivity index (χ3n) is 3.10. The third-order valence-corrected chi connectivity index (χ3v) is 3.10. The first-order valence-corrected chi connectivity index (χ1v) is 6.31. The molecule has 0 radical (unpaired) electrons. The van der Waals surface area contributed by atoms with E-state index in [1.165, 1.54) is 0 Å². The number of methoxy groups -OCH3 is 1. The number of rotatable bonds is 3. The van der Waals surface area contributed by atoms with Crippen LogP contribution < -0.4 is 9.47 Å². The second-order valence-corrected chi connectivity index (χ2v) is 4.72. The monoisotopic (exact) mass is 296 g/mol. The van der Waals surface area contributed by atoms with E-state index in [1.807, 2.05) is 12.1 Å². The van der Waals surface area contributed by atoms with Gasteiger partial charge in [0.1, 0.15) is 11.5 Å². The highest BCUT2D eigenvalue weighted by atomic mass is 19.4. The molecular formula is C16H15F3O2. The zero-order valence-electron chi connectivity index (χ0n) is 11.9. The van der Waals surface area contributed by atoms with Gasteiger partial charge in [-0.15, -0.1) is 13.2 Å². The number of halogens is 3. The molecule has 0 heterocycles. The van der Waals surface area contributed by atoms with Crippen LogP contribution in [0.25, 0.3) is 11.1 Å². The Morgan fingerprint density at radius 2 is 1.38 bits per heavy atom. The van der Waals surface area contributed by atoms with Gasteiger partial charge < -0.3 is 9.47 Å². The maximum atomic E-state index is 12.4. The second kappa shape index (κ2) is 5.68. The maximum absolute atomic E-state index is 12.4. The summed E-state index contributed by atoms with van der Waals surface area (Å²) in [6.07, 6.45) is -4.68. The highest BCUT2D eigenvalue weighted by Gasteiger charge is 2.32. The Kier molecular flexibility index (Phi) is 4.11. The predicted octanol–water partition coefficient (Wildman–Crippen LogP) is 4.88. The molecule has 0 fully saturated rings. The summed E-state index contributed by atoms with van der Waals surface area (Å²) in [5, 5.41) is 0. The maximum Gasteiger partial charge on any atom is 0.573 e. The molecule has 0 aliphatic heterocycles. The van der Waals surface area contributed by atoms with Crippen LogP contribution in [0.15, 0.2) is 36.4 Å². The SMILES string of the molecule is COc1ccc(-c2cc(C)c(OC(F)(F)F)c(C)c2)cc1. The fraction of sp³-hybridized carbons (Fsp3) is 0.250. The van der Waals surface area contributed by atoms with Crippen LogP contribution in [0.2, 0.25) is 0 Å². The van der Waals surface area contributed by atoms with Crippen LogP contribution in [-0.2, 0) is 0 Å². The number of aryl methyl sites for hydroxylation is 2. The van der Waals surface area contributed by atoms with Crippen molar-refractivity contribution >= 4 is 0 Å². The molecule has 0 atom stereocenters. The Morgan fingerprint density at radius 3 is 1.81 bits per heavy atom. The molecule has 0 saturated heterocycles. The molecule has 0 N–H and O–H groups in total. The zero-order chi connectivity index (χ0) is 15.6. The molecule has 0 amide bonds. The molecule has 112 valence electrons. The van der Waals surface area contributed by atoms with E-state index in [4.69, 9.17) is 4.74 Å². The van der Waals surface area contributed by atoms with Crippen LogP contribution >= 0.6 is 0 Å². The normalized spacial score (nSPS) is 11.3. The fourth-order valence-corrected chi connectivity index (χ4v) is 2.18. The van der Waals surface area contributed by atoms with Crippen molar-refractivity contribution in [2.75, 3.05) is 7.11 Å². The van der Waals surface area contributed by atoms with E-state index in [1.54, 1.807) is 45.2 Å². The van der Waals surface area contributed by atoms with Gasteiger partial charge in [-0.25, -0.2) is 0 Å². The van der Waals surface area contributed by atoms with E-state index in [9.17, 15) is 13.2 Å². The zero-order valence-corrected chi connectivity index (χ0v) is 11.9. The summed E-state index contributed by atoms with van der Waals surface area (Å²) < 4.78 is 46.3. The van der Waals surface area contributed by atoms with Crippen molar-refractivity contribution in [1.82, 2.24) is 0 Å². The second-order valence-electron chi connectivity index (χ2n) is 4.72. The lowest BCUT2D eigenvalue weighted by Gasteiger charge is -2.15.